The van der Waals surface area contributed by atoms with E-state index >= 15 is 0 Å². The number of amides is 2. The molecule has 5 nitrogen and oxygen atoms in total. The molecule has 1 aliphatic rings. The Morgan fingerprint density at radius 3 is 2.88 bits per heavy atom. The van der Waals surface area contributed by atoms with Crippen molar-refractivity contribution in [2.75, 3.05) is 32.9 Å². The maximum Gasteiger partial charge on any atom is 0.316 e. The highest BCUT2D eigenvalue weighted by Crippen LogP contribution is 2.18. The van der Waals surface area contributed by atoms with E-state index in [-0.39, 0.29) is 6.03 Å². The highest BCUT2D eigenvalue weighted by atomic mass is 32.2. The van der Waals surface area contributed by atoms with Crippen LogP contribution in [0.3, 0.4) is 0 Å². The fourth-order valence-electron chi connectivity index (χ4n) is 1.34. The summed E-state index contributed by atoms with van der Waals surface area (Å²) < 4.78 is 0. The summed E-state index contributed by atoms with van der Waals surface area (Å²) in [6.45, 7) is 5.62. The zero-order chi connectivity index (χ0) is 12.8. The van der Waals surface area contributed by atoms with Crippen LogP contribution in [0.25, 0.3) is 0 Å². The zero-order valence-corrected chi connectivity index (χ0v) is 11.8. The lowest BCUT2D eigenvalue weighted by molar-refractivity contribution is 0.218. The van der Waals surface area contributed by atoms with Gasteiger partial charge in [0.2, 0.25) is 0 Å². The molecule has 1 saturated heterocycles. The van der Waals surface area contributed by atoms with Gasteiger partial charge in [0.05, 0.1) is 6.54 Å². The Bertz CT molecular complexity index is 291. The smallest absolute Gasteiger partial charge is 0.316 e. The number of nitrogens with one attached hydrogen (secondary N) is 2. The van der Waals surface area contributed by atoms with Crippen molar-refractivity contribution in [3.8, 4) is 0 Å². The minimum absolute atomic E-state index is 0.0720. The lowest BCUT2D eigenvalue weighted by atomic mass is 10.1. The van der Waals surface area contributed by atoms with Crippen LogP contribution >= 0.6 is 11.8 Å². The van der Waals surface area contributed by atoms with Crippen LogP contribution in [0.4, 0.5) is 4.79 Å². The second-order valence-corrected chi connectivity index (χ2v) is 5.63. The first-order valence-electron chi connectivity index (χ1n) is 5.89. The van der Waals surface area contributed by atoms with Gasteiger partial charge in [-0.05, 0) is 5.92 Å². The molecule has 1 aliphatic heterocycles. The van der Waals surface area contributed by atoms with Crippen molar-refractivity contribution in [2.45, 2.75) is 19.9 Å². The molecule has 0 aromatic carbocycles. The van der Waals surface area contributed by atoms with Crippen molar-refractivity contribution < 1.29 is 4.79 Å². The Hall–Kier alpha value is -0.910. The highest BCUT2D eigenvalue weighted by molar-refractivity contribution is 8.14. The van der Waals surface area contributed by atoms with Gasteiger partial charge in [-0.1, -0.05) is 25.6 Å². The van der Waals surface area contributed by atoms with Crippen LogP contribution < -0.4 is 10.6 Å². The van der Waals surface area contributed by atoms with Crippen molar-refractivity contribution in [2.24, 2.45) is 10.9 Å². The summed E-state index contributed by atoms with van der Waals surface area (Å²) in [6, 6.07) is 0.451. The van der Waals surface area contributed by atoms with Crippen LogP contribution in [0.1, 0.15) is 13.8 Å². The molecule has 2 N–H and O–H groups in total. The van der Waals surface area contributed by atoms with E-state index in [1.807, 2.05) is 0 Å². The van der Waals surface area contributed by atoms with E-state index in [1.54, 1.807) is 25.9 Å². The molecule has 6 heteroatoms. The van der Waals surface area contributed by atoms with Gasteiger partial charge in [0.15, 0.2) is 5.17 Å². The van der Waals surface area contributed by atoms with Gasteiger partial charge in [-0.15, -0.1) is 0 Å². The number of hydrogen-bond acceptors (Lipinski definition) is 3. The summed E-state index contributed by atoms with van der Waals surface area (Å²) in [6.07, 6.45) is 0. The maximum atomic E-state index is 11.2. The first-order valence-corrected chi connectivity index (χ1v) is 6.88. The molecule has 0 radical (unpaired) electrons. The molecule has 0 saturated carbocycles. The van der Waals surface area contributed by atoms with Crippen LogP contribution in [0.15, 0.2) is 4.99 Å². The Morgan fingerprint density at radius 2 is 2.35 bits per heavy atom. The molecule has 0 spiro atoms. The van der Waals surface area contributed by atoms with E-state index in [4.69, 9.17) is 0 Å². The summed E-state index contributed by atoms with van der Waals surface area (Å²) in [5.74, 6) is 1.71. The Morgan fingerprint density at radius 1 is 1.65 bits per heavy atom. The summed E-state index contributed by atoms with van der Waals surface area (Å²) in [7, 11) is 3.45. The molecule has 1 atom stereocenters. The predicted octanol–water partition coefficient (Wildman–Crippen LogP) is 0.975. The number of carbonyl (C=O) groups is 1. The van der Waals surface area contributed by atoms with E-state index in [1.165, 1.54) is 4.90 Å². The average Bonchev–Trinajstić information content (AvgIpc) is 2.72. The number of rotatable bonds is 4. The first kappa shape index (κ1) is 14.2. The highest BCUT2D eigenvalue weighted by Gasteiger charge is 2.22. The minimum atomic E-state index is -0.0720. The van der Waals surface area contributed by atoms with Gasteiger partial charge in [0, 0.05) is 32.4 Å². The van der Waals surface area contributed by atoms with Crippen LogP contribution in [-0.2, 0) is 0 Å². The number of nitrogens with zero attached hydrogens (tertiary/aromatic N) is 2. The van der Waals surface area contributed by atoms with E-state index in [0.717, 1.165) is 10.9 Å². The number of carbonyl (C=O) groups excluding carboxylic acids is 1. The third kappa shape index (κ3) is 4.85. The van der Waals surface area contributed by atoms with E-state index in [9.17, 15) is 4.79 Å². The van der Waals surface area contributed by atoms with Crippen molar-refractivity contribution in [1.82, 2.24) is 15.5 Å². The molecular weight excluding hydrogens is 236 g/mol. The fraction of sp³-hybridized carbons (Fsp3) is 0.818. The Kier molecular flexibility index (Phi) is 5.61. The molecule has 2 amide bonds. The second-order valence-electron chi connectivity index (χ2n) is 4.62. The van der Waals surface area contributed by atoms with Crippen LogP contribution in [0.5, 0.6) is 0 Å². The largest absolute Gasteiger partial charge is 0.361 e. The zero-order valence-electron chi connectivity index (χ0n) is 11.0. The predicted molar refractivity (Wildman–Crippen MR) is 73.6 cm³/mol. The summed E-state index contributed by atoms with van der Waals surface area (Å²) in [5, 5.41) is 7.18. The molecule has 0 aliphatic carbocycles. The van der Waals surface area contributed by atoms with Gasteiger partial charge >= 0.3 is 6.03 Å². The molecule has 0 aromatic rings. The molecule has 0 unspecified atom stereocenters. The van der Waals surface area contributed by atoms with Gasteiger partial charge in [0.25, 0.3) is 0 Å². The molecule has 1 heterocycles. The number of amidine groups is 1. The van der Waals surface area contributed by atoms with E-state index < -0.39 is 0 Å². The first-order chi connectivity index (χ1) is 8.00. The lowest BCUT2D eigenvalue weighted by Gasteiger charge is -2.13. The number of urea groups is 1. The summed E-state index contributed by atoms with van der Waals surface area (Å²) in [4.78, 5) is 17.2. The van der Waals surface area contributed by atoms with Gasteiger partial charge in [-0.25, -0.2) is 4.79 Å². The Labute approximate surface area is 107 Å². The lowest BCUT2D eigenvalue weighted by Crippen LogP contribution is -2.36. The van der Waals surface area contributed by atoms with Crippen molar-refractivity contribution in [3.05, 3.63) is 0 Å². The normalized spacial score (nSPS) is 21.7. The van der Waals surface area contributed by atoms with Crippen molar-refractivity contribution in [1.29, 1.82) is 0 Å². The average molecular weight is 258 g/mol. The fourth-order valence-corrected chi connectivity index (χ4v) is 2.56. The van der Waals surface area contributed by atoms with Gasteiger partial charge in [-0.2, -0.15) is 0 Å². The SMILES string of the molecule is CC(C)[C@H]1CSC(=NCCNC(=O)N(C)C)N1. The number of aliphatic imine (C=N–C) groups is 1. The second kappa shape index (κ2) is 6.74. The summed E-state index contributed by atoms with van der Waals surface area (Å²) >= 11 is 1.76. The van der Waals surface area contributed by atoms with Gasteiger partial charge < -0.3 is 15.5 Å². The topological polar surface area (TPSA) is 56.7 Å². The van der Waals surface area contributed by atoms with Crippen molar-refractivity contribution in [3.63, 3.8) is 0 Å². The number of thioether (sulfide) groups is 1. The van der Waals surface area contributed by atoms with Crippen LogP contribution in [0.2, 0.25) is 0 Å². The minimum Gasteiger partial charge on any atom is -0.361 e. The molecule has 98 valence electrons. The third-order valence-corrected chi connectivity index (χ3v) is 3.61. The molecule has 0 aromatic heterocycles. The number of hydrogen-bond donors (Lipinski definition) is 2. The quantitative estimate of drug-likeness (QED) is 0.739. The molecule has 17 heavy (non-hydrogen) atoms. The monoisotopic (exact) mass is 258 g/mol. The van der Waals surface area contributed by atoms with E-state index in [0.29, 0.717) is 25.0 Å². The molecule has 1 fully saturated rings. The van der Waals surface area contributed by atoms with E-state index in [2.05, 4.69) is 29.5 Å². The standard InChI is InChI=1S/C11H22N4OS/c1-8(2)9-7-17-10(14-9)12-5-6-13-11(16)15(3)4/h8-9H,5-7H2,1-4H3,(H,12,14)(H,13,16)/t9-/m1/s1. The van der Waals surface area contributed by atoms with Crippen LogP contribution in [-0.4, -0.2) is 55.1 Å². The molecule has 0 bridgehead atoms. The van der Waals surface area contributed by atoms with Crippen molar-refractivity contribution >= 4 is 23.0 Å². The molecular formula is C11H22N4OS. The molecule has 1 rings (SSSR count). The van der Waals surface area contributed by atoms with Gasteiger partial charge in [-0.3, -0.25) is 4.99 Å². The maximum absolute atomic E-state index is 11.2. The summed E-state index contributed by atoms with van der Waals surface area (Å²) in [5.41, 5.74) is 0. The van der Waals surface area contributed by atoms with Gasteiger partial charge in [0.1, 0.15) is 0 Å². The third-order valence-electron chi connectivity index (χ3n) is 2.56. The van der Waals surface area contributed by atoms with Crippen LogP contribution in [0, 0.1) is 5.92 Å². The Balaban J connectivity index is 2.20.